The highest BCUT2D eigenvalue weighted by atomic mass is 15.2. The Labute approximate surface area is 165 Å². The molecule has 2 heteroatoms. The second kappa shape index (κ2) is 8.58. The van der Waals surface area contributed by atoms with Gasteiger partial charge in [-0.3, -0.25) is 0 Å². The summed E-state index contributed by atoms with van der Waals surface area (Å²) in [6, 6.07) is 20.5. The van der Waals surface area contributed by atoms with Crippen LogP contribution in [0.2, 0.25) is 0 Å². The molecule has 0 aromatic heterocycles. The van der Waals surface area contributed by atoms with Crippen molar-refractivity contribution in [3.8, 4) is 0 Å². The van der Waals surface area contributed by atoms with Crippen molar-refractivity contribution in [3.05, 3.63) is 71.3 Å². The zero-order chi connectivity index (χ0) is 18.6. The fourth-order valence-corrected chi connectivity index (χ4v) is 5.49. The first-order valence-electron chi connectivity index (χ1n) is 10.9. The molecule has 1 unspecified atom stereocenters. The van der Waals surface area contributed by atoms with Crippen molar-refractivity contribution < 1.29 is 0 Å². The average molecular weight is 363 g/mol. The van der Waals surface area contributed by atoms with Crippen molar-refractivity contribution in [1.29, 1.82) is 0 Å². The smallest absolute Gasteiger partial charge is 0.0138 e. The lowest BCUT2D eigenvalue weighted by atomic mass is 9.79. The minimum absolute atomic E-state index is 0.568. The van der Waals surface area contributed by atoms with Crippen LogP contribution in [0, 0.1) is 5.92 Å². The van der Waals surface area contributed by atoms with Crippen LogP contribution < -0.4 is 0 Å². The van der Waals surface area contributed by atoms with E-state index in [1.54, 1.807) is 11.1 Å². The molecule has 144 valence electrons. The summed E-state index contributed by atoms with van der Waals surface area (Å²) in [5.74, 6) is 2.04. The van der Waals surface area contributed by atoms with E-state index in [9.17, 15) is 0 Å². The van der Waals surface area contributed by atoms with Crippen LogP contribution in [0.25, 0.3) is 0 Å². The van der Waals surface area contributed by atoms with E-state index in [4.69, 9.17) is 0 Å². The van der Waals surface area contributed by atoms with Gasteiger partial charge in [0.15, 0.2) is 0 Å². The predicted octanol–water partition coefficient (Wildman–Crippen LogP) is 4.97. The van der Waals surface area contributed by atoms with Gasteiger partial charge in [0.2, 0.25) is 0 Å². The van der Waals surface area contributed by atoms with Crippen LogP contribution in [0.4, 0.5) is 0 Å². The number of nitrogens with zero attached hydrogens (tertiary/aromatic N) is 2. The van der Waals surface area contributed by atoms with Crippen LogP contribution in [0.5, 0.6) is 0 Å². The van der Waals surface area contributed by atoms with Gasteiger partial charge in [-0.1, -0.05) is 68.4 Å². The number of hydrogen-bond acceptors (Lipinski definition) is 2. The largest absolute Gasteiger partial charge is 0.304 e. The lowest BCUT2D eigenvalue weighted by Gasteiger charge is -2.38. The minimum atomic E-state index is 0.568. The molecule has 1 aliphatic carbocycles. The molecule has 1 heterocycles. The standard InChI is InChI=1S/C25H34N2/c1-3-26(4-2)16-10-17-27-18-15-22-21-13-8-9-14-23(21)25(24(22)19-27)20-11-6-5-7-12-20/h5-9,11-14,22,24-25H,3-4,10,15-19H2,1-2H3/t22-,24-,25?/m0/s1. The summed E-state index contributed by atoms with van der Waals surface area (Å²) >= 11 is 0. The van der Waals surface area contributed by atoms with Gasteiger partial charge in [0.1, 0.15) is 0 Å². The molecule has 3 atom stereocenters. The Morgan fingerprint density at radius 1 is 0.926 bits per heavy atom. The predicted molar refractivity (Wildman–Crippen MR) is 114 cm³/mol. The van der Waals surface area contributed by atoms with Gasteiger partial charge in [-0.2, -0.15) is 0 Å². The van der Waals surface area contributed by atoms with Crippen LogP contribution in [0.15, 0.2) is 54.6 Å². The van der Waals surface area contributed by atoms with Crippen LogP contribution in [0.3, 0.4) is 0 Å². The van der Waals surface area contributed by atoms with E-state index in [2.05, 4.69) is 78.2 Å². The maximum atomic E-state index is 2.74. The van der Waals surface area contributed by atoms with Gasteiger partial charge in [-0.25, -0.2) is 0 Å². The van der Waals surface area contributed by atoms with Gasteiger partial charge in [-0.05, 0) is 74.1 Å². The molecule has 0 amide bonds. The summed E-state index contributed by atoms with van der Waals surface area (Å²) in [7, 11) is 0. The van der Waals surface area contributed by atoms with E-state index < -0.39 is 0 Å². The van der Waals surface area contributed by atoms with E-state index in [-0.39, 0.29) is 0 Å². The van der Waals surface area contributed by atoms with Gasteiger partial charge >= 0.3 is 0 Å². The quantitative estimate of drug-likeness (QED) is 0.686. The van der Waals surface area contributed by atoms with Gasteiger partial charge in [0, 0.05) is 12.5 Å². The number of fused-ring (bicyclic) bond motifs is 3. The summed E-state index contributed by atoms with van der Waals surface area (Å²) in [6.07, 6.45) is 2.61. The number of rotatable bonds is 7. The molecule has 0 saturated carbocycles. The van der Waals surface area contributed by atoms with Gasteiger partial charge < -0.3 is 9.80 Å². The topological polar surface area (TPSA) is 6.48 Å². The molecule has 2 aliphatic rings. The molecule has 4 rings (SSSR count). The molecule has 2 nitrogen and oxygen atoms in total. The minimum Gasteiger partial charge on any atom is -0.304 e. The number of benzene rings is 2. The normalized spacial score (nSPS) is 24.8. The van der Waals surface area contributed by atoms with E-state index in [0.29, 0.717) is 5.92 Å². The molecule has 2 aromatic rings. The molecule has 0 radical (unpaired) electrons. The zero-order valence-electron chi connectivity index (χ0n) is 17.0. The highest BCUT2D eigenvalue weighted by Gasteiger charge is 2.43. The van der Waals surface area contributed by atoms with E-state index in [1.807, 2.05) is 0 Å². The van der Waals surface area contributed by atoms with Crippen LogP contribution in [0.1, 0.15) is 55.2 Å². The Morgan fingerprint density at radius 2 is 1.63 bits per heavy atom. The molecule has 0 spiro atoms. The summed E-state index contributed by atoms with van der Waals surface area (Å²) in [4.78, 5) is 5.29. The van der Waals surface area contributed by atoms with Crippen molar-refractivity contribution >= 4 is 0 Å². The molecule has 2 aromatic carbocycles. The monoisotopic (exact) mass is 362 g/mol. The third-order valence-electron chi connectivity index (χ3n) is 6.90. The summed E-state index contributed by atoms with van der Waals surface area (Å²) in [5, 5.41) is 0. The average Bonchev–Trinajstić information content (AvgIpc) is 3.05. The van der Waals surface area contributed by atoms with E-state index in [1.165, 1.54) is 57.7 Å². The summed E-state index contributed by atoms with van der Waals surface area (Å²) in [6.45, 7) is 11.9. The number of hydrogen-bond donors (Lipinski definition) is 0. The highest BCUT2D eigenvalue weighted by Crippen LogP contribution is 2.52. The van der Waals surface area contributed by atoms with Crippen molar-refractivity contribution in [3.63, 3.8) is 0 Å². The second-order valence-electron chi connectivity index (χ2n) is 8.26. The first-order chi connectivity index (χ1) is 13.3. The molecule has 27 heavy (non-hydrogen) atoms. The fourth-order valence-electron chi connectivity index (χ4n) is 5.49. The Morgan fingerprint density at radius 3 is 2.37 bits per heavy atom. The van der Waals surface area contributed by atoms with Crippen molar-refractivity contribution in [1.82, 2.24) is 9.80 Å². The molecule has 1 aliphatic heterocycles. The maximum Gasteiger partial charge on any atom is 0.0138 e. The molecular weight excluding hydrogens is 328 g/mol. The third kappa shape index (κ3) is 3.83. The maximum absolute atomic E-state index is 2.74. The van der Waals surface area contributed by atoms with Crippen molar-refractivity contribution in [2.24, 2.45) is 5.92 Å². The zero-order valence-corrected chi connectivity index (χ0v) is 17.0. The fraction of sp³-hybridized carbons (Fsp3) is 0.520. The van der Waals surface area contributed by atoms with Gasteiger partial charge in [0.25, 0.3) is 0 Å². The van der Waals surface area contributed by atoms with Crippen molar-refractivity contribution in [2.75, 3.05) is 39.3 Å². The lowest BCUT2D eigenvalue weighted by Crippen LogP contribution is -2.40. The SMILES string of the molecule is CCN(CC)CCCN1CC[C@H]2c3ccccc3C(c3ccccc3)[C@H]2C1. The second-order valence-corrected chi connectivity index (χ2v) is 8.26. The Hall–Kier alpha value is -1.64. The van der Waals surface area contributed by atoms with Crippen LogP contribution in [-0.4, -0.2) is 49.1 Å². The Kier molecular flexibility index (Phi) is 5.95. The first-order valence-corrected chi connectivity index (χ1v) is 10.9. The number of piperidine rings is 1. The highest BCUT2D eigenvalue weighted by molar-refractivity contribution is 5.46. The summed E-state index contributed by atoms with van der Waals surface area (Å²) in [5.41, 5.74) is 4.71. The van der Waals surface area contributed by atoms with E-state index >= 15 is 0 Å². The summed E-state index contributed by atoms with van der Waals surface area (Å²) < 4.78 is 0. The Balaban J connectivity index is 1.49. The van der Waals surface area contributed by atoms with Crippen molar-refractivity contribution in [2.45, 2.75) is 38.5 Å². The van der Waals surface area contributed by atoms with Gasteiger partial charge in [-0.15, -0.1) is 0 Å². The first kappa shape index (κ1) is 18.7. The molecule has 0 N–H and O–H groups in total. The molecule has 1 saturated heterocycles. The molecule has 0 bridgehead atoms. The van der Waals surface area contributed by atoms with Gasteiger partial charge in [0.05, 0.1) is 0 Å². The van der Waals surface area contributed by atoms with Crippen LogP contribution >= 0.6 is 0 Å². The van der Waals surface area contributed by atoms with Crippen LogP contribution in [-0.2, 0) is 0 Å². The van der Waals surface area contributed by atoms with E-state index in [0.717, 1.165) is 11.8 Å². The Bertz CT molecular complexity index is 722. The third-order valence-corrected chi connectivity index (χ3v) is 6.90. The molecular formula is C25H34N2. The molecule has 1 fully saturated rings. The lowest BCUT2D eigenvalue weighted by molar-refractivity contribution is 0.146. The number of likely N-dealkylation sites (tertiary alicyclic amines) is 1.